The highest BCUT2D eigenvalue weighted by molar-refractivity contribution is 5.97. The summed E-state index contributed by atoms with van der Waals surface area (Å²) < 4.78 is 5.21. The molecule has 0 bridgehead atoms. The van der Waals surface area contributed by atoms with E-state index in [-0.39, 0.29) is 11.9 Å². The number of carbonyl (C=O) groups is 2. The molecule has 8 heteroatoms. The van der Waals surface area contributed by atoms with Crippen LogP contribution in [0, 0.1) is 0 Å². The maximum absolute atomic E-state index is 12.6. The van der Waals surface area contributed by atoms with Crippen LogP contribution in [0.5, 0.6) is 0 Å². The molecule has 0 aliphatic carbocycles. The van der Waals surface area contributed by atoms with Gasteiger partial charge in [0.15, 0.2) is 6.17 Å². The molecule has 0 fully saturated rings. The number of hydrogen-bond acceptors (Lipinski definition) is 5. The summed E-state index contributed by atoms with van der Waals surface area (Å²) in [5.74, 6) is 0.165. The number of alkyl carbamates (subject to hydrolysis) is 1. The van der Waals surface area contributed by atoms with Gasteiger partial charge in [-0.2, -0.15) is 0 Å². The maximum Gasteiger partial charge on any atom is 0.414 e. The third-order valence-electron chi connectivity index (χ3n) is 3.56. The van der Waals surface area contributed by atoms with Crippen molar-refractivity contribution >= 4 is 18.0 Å². The first-order chi connectivity index (χ1) is 11.3. The fourth-order valence-corrected chi connectivity index (χ4v) is 2.61. The molecule has 3 rings (SSSR count). The minimum atomic E-state index is -0.592. The predicted molar refractivity (Wildman–Crippen MR) is 88.5 cm³/mol. The van der Waals surface area contributed by atoms with Crippen molar-refractivity contribution < 1.29 is 14.3 Å². The number of aromatic nitrogens is 1. The third kappa shape index (κ3) is 3.42. The monoisotopic (exact) mass is 331 g/mol. The summed E-state index contributed by atoms with van der Waals surface area (Å²) in [6.07, 6.45) is 4.56. The average molecular weight is 331 g/mol. The number of nitrogens with zero attached hydrogens (tertiary/aromatic N) is 2. The Balaban J connectivity index is 1.71. The SMILES string of the molecule is CC(C)(C)OC(=O)NC1=N[C@H]2[C@H](C=CCN2C(=O)c2ccc[nH]2)N1. The smallest absolute Gasteiger partial charge is 0.414 e. The van der Waals surface area contributed by atoms with Crippen molar-refractivity contribution in [1.82, 2.24) is 20.5 Å². The van der Waals surface area contributed by atoms with Gasteiger partial charge in [-0.05, 0) is 32.9 Å². The number of aliphatic imine (C=N–C) groups is 1. The number of amides is 2. The van der Waals surface area contributed by atoms with Crippen LogP contribution in [0.1, 0.15) is 31.3 Å². The van der Waals surface area contributed by atoms with Crippen molar-refractivity contribution in [3.63, 3.8) is 0 Å². The summed E-state index contributed by atoms with van der Waals surface area (Å²) in [4.78, 5) is 33.4. The Morgan fingerprint density at radius 3 is 2.88 bits per heavy atom. The molecule has 0 aromatic carbocycles. The van der Waals surface area contributed by atoms with E-state index in [2.05, 4.69) is 20.6 Å². The molecule has 0 saturated heterocycles. The van der Waals surface area contributed by atoms with Gasteiger partial charge >= 0.3 is 6.09 Å². The maximum atomic E-state index is 12.6. The van der Waals surface area contributed by atoms with E-state index >= 15 is 0 Å². The average Bonchev–Trinajstić information content (AvgIpc) is 3.12. The summed E-state index contributed by atoms with van der Waals surface area (Å²) in [6, 6.07) is 3.32. The van der Waals surface area contributed by atoms with Crippen LogP contribution >= 0.6 is 0 Å². The zero-order valence-electron chi connectivity index (χ0n) is 13.9. The molecule has 2 amide bonds. The minimum absolute atomic E-state index is 0.136. The van der Waals surface area contributed by atoms with Crippen LogP contribution in [-0.2, 0) is 4.74 Å². The van der Waals surface area contributed by atoms with Gasteiger partial charge in [-0.1, -0.05) is 12.2 Å². The number of H-pyrrole nitrogens is 1. The second kappa shape index (κ2) is 6.03. The highest BCUT2D eigenvalue weighted by Crippen LogP contribution is 2.20. The van der Waals surface area contributed by atoms with E-state index in [4.69, 9.17) is 4.74 Å². The fourth-order valence-electron chi connectivity index (χ4n) is 2.61. The molecule has 3 N–H and O–H groups in total. The molecular weight excluding hydrogens is 310 g/mol. The van der Waals surface area contributed by atoms with Crippen LogP contribution in [0.2, 0.25) is 0 Å². The van der Waals surface area contributed by atoms with Crippen LogP contribution in [0.3, 0.4) is 0 Å². The van der Waals surface area contributed by atoms with E-state index in [1.165, 1.54) is 0 Å². The van der Waals surface area contributed by atoms with Gasteiger partial charge in [0.1, 0.15) is 11.3 Å². The van der Waals surface area contributed by atoms with E-state index in [0.29, 0.717) is 18.2 Å². The summed E-state index contributed by atoms with van der Waals surface area (Å²) in [6.45, 7) is 5.82. The number of guanidine groups is 1. The van der Waals surface area contributed by atoms with E-state index in [0.717, 1.165) is 0 Å². The number of ether oxygens (including phenoxy) is 1. The molecule has 3 heterocycles. The quantitative estimate of drug-likeness (QED) is 0.674. The molecule has 24 heavy (non-hydrogen) atoms. The van der Waals surface area contributed by atoms with Gasteiger partial charge in [-0.3, -0.25) is 10.1 Å². The number of carbonyl (C=O) groups excluding carboxylic acids is 2. The largest absolute Gasteiger partial charge is 0.444 e. The van der Waals surface area contributed by atoms with Crippen LogP contribution in [-0.4, -0.2) is 52.2 Å². The Bertz CT molecular complexity index is 687. The number of hydrogen-bond donors (Lipinski definition) is 3. The van der Waals surface area contributed by atoms with Crippen molar-refractivity contribution in [2.75, 3.05) is 6.54 Å². The Labute approximate surface area is 140 Å². The standard InChI is InChI=1S/C16H21N5O3/c1-16(2,3)24-15(23)20-14-18-10-7-5-9-21(12(10)19-14)13(22)11-6-4-8-17-11/h4-8,10,12,17H,9H2,1-3H3,(H2,18,19,20,23)/t10-,12+/m0/s1. The first kappa shape index (κ1) is 16.1. The molecule has 2 atom stereocenters. The summed E-state index contributed by atoms with van der Waals surface area (Å²) in [5.41, 5.74) is -0.0845. The van der Waals surface area contributed by atoms with Crippen molar-refractivity contribution in [3.8, 4) is 0 Å². The lowest BCUT2D eigenvalue weighted by molar-refractivity contribution is 0.0561. The first-order valence-corrected chi connectivity index (χ1v) is 7.79. The van der Waals surface area contributed by atoms with Gasteiger partial charge in [-0.25, -0.2) is 9.79 Å². The number of fused-ring (bicyclic) bond motifs is 1. The molecule has 1 aromatic rings. The van der Waals surface area contributed by atoms with Gasteiger partial charge in [0.2, 0.25) is 5.96 Å². The lowest BCUT2D eigenvalue weighted by Gasteiger charge is -2.31. The molecule has 0 spiro atoms. The van der Waals surface area contributed by atoms with Gasteiger partial charge in [-0.15, -0.1) is 0 Å². The predicted octanol–water partition coefficient (Wildman–Crippen LogP) is 1.21. The van der Waals surface area contributed by atoms with Crippen molar-refractivity contribution in [2.45, 2.75) is 38.6 Å². The molecule has 0 unspecified atom stereocenters. The lowest BCUT2D eigenvalue weighted by Crippen LogP contribution is -2.50. The highest BCUT2D eigenvalue weighted by atomic mass is 16.6. The van der Waals surface area contributed by atoms with Gasteiger partial charge in [0, 0.05) is 12.7 Å². The van der Waals surface area contributed by atoms with Crippen molar-refractivity contribution in [1.29, 1.82) is 0 Å². The third-order valence-corrected chi connectivity index (χ3v) is 3.56. The van der Waals surface area contributed by atoms with E-state index < -0.39 is 17.9 Å². The lowest BCUT2D eigenvalue weighted by atomic mass is 10.1. The molecular formula is C16H21N5O3. The molecule has 0 saturated carbocycles. The van der Waals surface area contributed by atoms with Gasteiger partial charge in [0.05, 0.1) is 6.04 Å². The van der Waals surface area contributed by atoms with Crippen molar-refractivity contribution in [2.24, 2.45) is 4.99 Å². The second-order valence-corrected chi connectivity index (χ2v) is 6.66. The van der Waals surface area contributed by atoms with Gasteiger partial charge < -0.3 is 19.9 Å². The Morgan fingerprint density at radius 1 is 1.42 bits per heavy atom. The Kier molecular flexibility index (Phi) is 4.04. The molecule has 0 radical (unpaired) electrons. The zero-order valence-corrected chi connectivity index (χ0v) is 13.9. The number of aromatic amines is 1. The van der Waals surface area contributed by atoms with Crippen LogP contribution in [0.25, 0.3) is 0 Å². The molecule has 2 aliphatic rings. The number of nitrogens with one attached hydrogen (secondary N) is 3. The zero-order chi connectivity index (χ0) is 17.3. The fraction of sp³-hybridized carbons (Fsp3) is 0.438. The van der Waals surface area contributed by atoms with Crippen LogP contribution in [0.4, 0.5) is 4.79 Å². The highest BCUT2D eigenvalue weighted by Gasteiger charge is 2.37. The van der Waals surface area contributed by atoms with Gasteiger partial charge in [0.25, 0.3) is 5.91 Å². The van der Waals surface area contributed by atoms with Crippen LogP contribution in [0.15, 0.2) is 35.5 Å². The summed E-state index contributed by atoms with van der Waals surface area (Å²) in [7, 11) is 0. The summed E-state index contributed by atoms with van der Waals surface area (Å²) in [5, 5.41) is 5.67. The van der Waals surface area contributed by atoms with E-state index in [1.807, 2.05) is 12.2 Å². The van der Waals surface area contributed by atoms with Crippen molar-refractivity contribution in [3.05, 3.63) is 36.2 Å². The molecule has 2 aliphatic heterocycles. The topological polar surface area (TPSA) is 98.8 Å². The Morgan fingerprint density at radius 2 is 2.21 bits per heavy atom. The van der Waals surface area contributed by atoms with E-state index in [9.17, 15) is 9.59 Å². The molecule has 1 aromatic heterocycles. The van der Waals surface area contributed by atoms with E-state index in [1.54, 1.807) is 44.0 Å². The summed E-state index contributed by atoms with van der Waals surface area (Å²) >= 11 is 0. The second-order valence-electron chi connectivity index (χ2n) is 6.66. The minimum Gasteiger partial charge on any atom is -0.444 e. The Hall–Kier alpha value is -2.77. The number of rotatable bonds is 1. The first-order valence-electron chi connectivity index (χ1n) is 7.79. The van der Waals surface area contributed by atoms with Crippen LogP contribution < -0.4 is 10.6 Å². The normalized spacial score (nSPS) is 22.5. The molecule has 8 nitrogen and oxygen atoms in total. The molecule has 128 valence electrons.